The lowest BCUT2D eigenvalue weighted by atomic mass is 10.1. The minimum Gasteiger partial charge on any atom is -0.386 e. The molecule has 7 nitrogen and oxygen atoms in total. The lowest BCUT2D eigenvalue weighted by Crippen LogP contribution is -2.11. The molecule has 7 heteroatoms. The van der Waals surface area contributed by atoms with Gasteiger partial charge in [-0.3, -0.25) is 4.68 Å². The van der Waals surface area contributed by atoms with E-state index in [2.05, 4.69) is 20.5 Å². The molecule has 0 amide bonds. The second-order valence-corrected chi connectivity index (χ2v) is 4.14. The van der Waals surface area contributed by atoms with Gasteiger partial charge in [0.2, 0.25) is 0 Å². The summed E-state index contributed by atoms with van der Waals surface area (Å²) in [5.41, 5.74) is 1.79. The fourth-order valence-electron chi connectivity index (χ4n) is 1.86. The maximum atomic E-state index is 10.2. The highest BCUT2D eigenvalue weighted by molar-refractivity contribution is 5.14. The maximum Gasteiger partial charge on any atom is 0.177 e. The number of nitrogens with zero attached hydrogens (tertiary/aromatic N) is 6. The highest BCUT2D eigenvalue weighted by atomic mass is 16.3. The molecule has 0 saturated heterocycles. The fourth-order valence-corrected chi connectivity index (χ4v) is 1.86. The Morgan fingerprint density at radius 2 is 2.11 bits per heavy atom. The van der Waals surface area contributed by atoms with E-state index in [4.69, 9.17) is 0 Å². The predicted molar refractivity (Wildman–Crippen MR) is 64.7 cm³/mol. The zero-order valence-corrected chi connectivity index (χ0v) is 10.9. The molecular weight excluding hydrogens is 232 g/mol. The van der Waals surface area contributed by atoms with Gasteiger partial charge in [0.25, 0.3) is 0 Å². The number of aliphatic hydroxyl groups excluding tert-OH is 1. The summed E-state index contributed by atoms with van der Waals surface area (Å²) >= 11 is 0. The molecule has 1 unspecified atom stereocenters. The molecule has 1 N–H and O–H groups in total. The van der Waals surface area contributed by atoms with Crippen LogP contribution in [-0.2, 0) is 26.4 Å². The summed E-state index contributed by atoms with van der Waals surface area (Å²) in [6.45, 7) is 4.78. The highest BCUT2D eigenvalue weighted by Crippen LogP contribution is 2.18. The van der Waals surface area contributed by atoms with E-state index in [-0.39, 0.29) is 0 Å². The lowest BCUT2D eigenvalue weighted by molar-refractivity contribution is 0.164. The number of hydrogen-bond donors (Lipinski definition) is 1. The van der Waals surface area contributed by atoms with Crippen molar-refractivity contribution in [1.29, 1.82) is 0 Å². The Bertz CT molecular complexity index is 517. The molecule has 18 heavy (non-hydrogen) atoms. The number of aliphatic hydroxyl groups is 1. The zero-order chi connectivity index (χ0) is 13.1. The SMILES string of the molecule is CCc1cc(C(O)Cc2nnn(C)n2)n(CC)n1. The van der Waals surface area contributed by atoms with Crippen molar-refractivity contribution in [3.05, 3.63) is 23.3 Å². The number of hydrogen-bond acceptors (Lipinski definition) is 5. The van der Waals surface area contributed by atoms with Crippen LogP contribution in [0.25, 0.3) is 0 Å². The molecule has 2 aromatic rings. The third-order valence-electron chi connectivity index (χ3n) is 2.79. The van der Waals surface area contributed by atoms with Gasteiger partial charge < -0.3 is 5.11 Å². The fraction of sp³-hybridized carbons (Fsp3) is 0.636. The summed E-state index contributed by atoms with van der Waals surface area (Å²) in [6.07, 6.45) is 0.556. The molecule has 2 rings (SSSR count). The molecule has 2 heterocycles. The van der Waals surface area contributed by atoms with E-state index in [1.54, 1.807) is 7.05 Å². The molecule has 0 aliphatic heterocycles. The topological polar surface area (TPSA) is 81.7 Å². The van der Waals surface area contributed by atoms with Crippen LogP contribution in [0, 0.1) is 0 Å². The Balaban J connectivity index is 2.17. The molecule has 0 aliphatic rings. The van der Waals surface area contributed by atoms with Gasteiger partial charge in [0.05, 0.1) is 18.4 Å². The smallest absolute Gasteiger partial charge is 0.177 e. The molecular formula is C11H18N6O. The van der Waals surface area contributed by atoms with E-state index in [1.165, 1.54) is 4.80 Å². The number of tetrazole rings is 1. The molecule has 98 valence electrons. The molecule has 0 saturated carbocycles. The van der Waals surface area contributed by atoms with Gasteiger partial charge in [-0.15, -0.1) is 10.2 Å². The maximum absolute atomic E-state index is 10.2. The summed E-state index contributed by atoms with van der Waals surface area (Å²) in [7, 11) is 1.70. The minimum absolute atomic E-state index is 0.350. The predicted octanol–water partition coefficient (Wildman–Crippen LogP) is 0.265. The third-order valence-corrected chi connectivity index (χ3v) is 2.79. The van der Waals surface area contributed by atoms with Gasteiger partial charge in [-0.1, -0.05) is 6.92 Å². The van der Waals surface area contributed by atoms with Crippen LogP contribution in [0.5, 0.6) is 0 Å². The first-order valence-corrected chi connectivity index (χ1v) is 6.11. The van der Waals surface area contributed by atoms with Crippen molar-refractivity contribution < 1.29 is 5.11 Å². The van der Waals surface area contributed by atoms with Crippen LogP contribution < -0.4 is 0 Å². The van der Waals surface area contributed by atoms with Crippen LogP contribution in [0.1, 0.15) is 37.2 Å². The van der Waals surface area contributed by atoms with E-state index in [1.807, 2.05) is 24.6 Å². The van der Waals surface area contributed by atoms with Gasteiger partial charge in [-0.05, 0) is 24.6 Å². The standard InChI is InChI=1S/C11H18N6O/c1-4-8-6-9(17(5-2)13-8)10(18)7-11-12-15-16(3)14-11/h6,10,18H,4-5,7H2,1-3H3. The summed E-state index contributed by atoms with van der Waals surface area (Å²) in [4.78, 5) is 1.39. The van der Waals surface area contributed by atoms with Crippen LogP contribution in [0.4, 0.5) is 0 Å². The van der Waals surface area contributed by atoms with Gasteiger partial charge in [0.15, 0.2) is 5.82 Å². The molecule has 0 aliphatic carbocycles. The van der Waals surface area contributed by atoms with Crippen LogP contribution in [0.15, 0.2) is 6.07 Å². The van der Waals surface area contributed by atoms with Crippen molar-refractivity contribution >= 4 is 0 Å². The van der Waals surface area contributed by atoms with Crippen LogP contribution in [0.3, 0.4) is 0 Å². The van der Waals surface area contributed by atoms with Crippen LogP contribution >= 0.6 is 0 Å². The Morgan fingerprint density at radius 1 is 1.33 bits per heavy atom. The largest absolute Gasteiger partial charge is 0.386 e. The average Bonchev–Trinajstić information content (AvgIpc) is 2.95. The summed E-state index contributed by atoms with van der Waals surface area (Å²) in [6, 6.07) is 1.94. The van der Waals surface area contributed by atoms with Crippen molar-refractivity contribution in [3.8, 4) is 0 Å². The Morgan fingerprint density at radius 3 is 2.67 bits per heavy atom. The van der Waals surface area contributed by atoms with Crippen molar-refractivity contribution in [1.82, 2.24) is 30.0 Å². The summed E-state index contributed by atoms with van der Waals surface area (Å²) in [5, 5.41) is 26.3. The Kier molecular flexibility index (Phi) is 3.71. The van der Waals surface area contributed by atoms with Crippen molar-refractivity contribution in [2.75, 3.05) is 0 Å². The zero-order valence-electron chi connectivity index (χ0n) is 10.9. The van der Waals surface area contributed by atoms with Gasteiger partial charge in [-0.2, -0.15) is 9.90 Å². The first kappa shape index (κ1) is 12.7. The molecule has 0 aromatic carbocycles. The van der Waals surface area contributed by atoms with Crippen LogP contribution in [-0.4, -0.2) is 35.1 Å². The number of rotatable bonds is 5. The van der Waals surface area contributed by atoms with Gasteiger partial charge in [0, 0.05) is 13.0 Å². The van der Waals surface area contributed by atoms with E-state index >= 15 is 0 Å². The van der Waals surface area contributed by atoms with Crippen LogP contribution in [0.2, 0.25) is 0 Å². The summed E-state index contributed by atoms with van der Waals surface area (Å²) in [5.74, 6) is 0.534. The van der Waals surface area contributed by atoms with E-state index < -0.39 is 6.10 Å². The first-order chi connectivity index (χ1) is 8.63. The average molecular weight is 250 g/mol. The van der Waals surface area contributed by atoms with Gasteiger partial charge in [-0.25, -0.2) is 0 Å². The Labute approximate surface area is 105 Å². The third kappa shape index (κ3) is 2.56. The monoisotopic (exact) mass is 250 g/mol. The Hall–Kier alpha value is -1.76. The second-order valence-electron chi connectivity index (χ2n) is 4.14. The van der Waals surface area contributed by atoms with E-state index in [9.17, 15) is 5.11 Å². The van der Waals surface area contributed by atoms with Crippen molar-refractivity contribution in [3.63, 3.8) is 0 Å². The van der Waals surface area contributed by atoms with E-state index in [0.29, 0.717) is 12.2 Å². The van der Waals surface area contributed by atoms with Crippen molar-refractivity contribution in [2.24, 2.45) is 7.05 Å². The highest BCUT2D eigenvalue weighted by Gasteiger charge is 2.17. The molecule has 1 atom stereocenters. The summed E-state index contributed by atoms with van der Waals surface area (Å²) < 4.78 is 1.82. The molecule has 0 fully saturated rings. The normalized spacial score (nSPS) is 12.9. The molecule has 0 spiro atoms. The molecule has 0 bridgehead atoms. The van der Waals surface area contributed by atoms with Gasteiger partial charge >= 0.3 is 0 Å². The molecule has 0 radical (unpaired) electrons. The number of aromatic nitrogens is 6. The lowest BCUT2D eigenvalue weighted by Gasteiger charge is -2.09. The van der Waals surface area contributed by atoms with Gasteiger partial charge in [0.1, 0.15) is 6.10 Å². The first-order valence-electron chi connectivity index (χ1n) is 6.11. The quantitative estimate of drug-likeness (QED) is 0.823. The number of aryl methyl sites for hydroxylation is 3. The molecule has 2 aromatic heterocycles. The van der Waals surface area contributed by atoms with E-state index in [0.717, 1.165) is 24.4 Å². The van der Waals surface area contributed by atoms with Crippen molar-refractivity contribution in [2.45, 2.75) is 39.3 Å². The minimum atomic E-state index is -0.651. The second kappa shape index (κ2) is 5.26.